The molecule has 1 fully saturated rings. The molecule has 0 spiro atoms. The van der Waals surface area contributed by atoms with Crippen LogP contribution in [0.25, 0.3) is 0 Å². The second-order valence-electron chi connectivity index (χ2n) is 7.91. The number of carbonyl (C=O) groups is 3. The number of aliphatic carboxylic acids is 1. The highest BCUT2D eigenvalue weighted by Gasteiger charge is 2.45. The van der Waals surface area contributed by atoms with Crippen molar-refractivity contribution in [2.24, 2.45) is 0 Å². The maximum atomic E-state index is 13.2. The van der Waals surface area contributed by atoms with E-state index < -0.39 is 41.9 Å². The van der Waals surface area contributed by atoms with Crippen LogP contribution in [0.5, 0.6) is 5.75 Å². The minimum absolute atomic E-state index is 0.0850. The van der Waals surface area contributed by atoms with Crippen molar-refractivity contribution >= 4 is 17.7 Å². The maximum Gasteiger partial charge on any atom is 0.573 e. The van der Waals surface area contributed by atoms with Gasteiger partial charge in [-0.1, -0.05) is 35.5 Å². The second-order valence-corrected chi connectivity index (χ2v) is 7.91. The van der Waals surface area contributed by atoms with Gasteiger partial charge in [0.25, 0.3) is 5.91 Å². The normalized spacial score (nSPS) is 14.3. The van der Waals surface area contributed by atoms with Crippen LogP contribution in [-0.2, 0) is 11.3 Å². The van der Waals surface area contributed by atoms with Gasteiger partial charge < -0.3 is 14.7 Å². The van der Waals surface area contributed by atoms with E-state index in [1.807, 2.05) is 30.3 Å². The summed E-state index contributed by atoms with van der Waals surface area (Å²) in [6.07, 6.45) is -2.62. The topological polar surface area (TPSA) is 115 Å². The maximum absolute atomic E-state index is 13.2. The first kappa shape index (κ1) is 23.9. The predicted octanol–water partition coefficient (Wildman–Crippen LogP) is 3.17. The summed E-state index contributed by atoms with van der Waals surface area (Å²) in [6, 6.07) is 10.9. The Balaban J connectivity index is 1.56. The molecule has 1 saturated carbocycles. The van der Waals surface area contributed by atoms with Gasteiger partial charge >= 0.3 is 12.3 Å². The second kappa shape index (κ2) is 9.57. The quantitative estimate of drug-likeness (QED) is 0.364. The van der Waals surface area contributed by atoms with E-state index in [0.29, 0.717) is 19.4 Å². The standard InChI is InChI=1S/C23H19F3N4O5/c24-23(25,26)35-17-10-6-15(7-11-17)21(32)30(16-8-9-16)19(22(33)34)20(31)18-13-29(28-27-18)12-14-4-2-1-3-5-14/h1-7,10-11,13,16,19H,8-9,12H2,(H,33,34). The number of aromatic nitrogens is 3. The first-order valence-electron chi connectivity index (χ1n) is 10.5. The summed E-state index contributed by atoms with van der Waals surface area (Å²) in [6.45, 7) is 0.302. The number of amides is 1. The molecule has 1 heterocycles. The summed E-state index contributed by atoms with van der Waals surface area (Å²) in [5.41, 5.74) is 0.581. The highest BCUT2D eigenvalue weighted by Crippen LogP contribution is 2.32. The van der Waals surface area contributed by atoms with Gasteiger partial charge in [-0.15, -0.1) is 18.3 Å². The van der Waals surface area contributed by atoms with Crippen molar-refractivity contribution in [3.8, 4) is 5.75 Å². The minimum Gasteiger partial charge on any atom is -0.479 e. The number of alkyl halides is 3. The lowest BCUT2D eigenvalue weighted by Crippen LogP contribution is -2.51. The summed E-state index contributed by atoms with van der Waals surface area (Å²) in [5, 5.41) is 17.5. The number of carboxylic acid groups (broad SMARTS) is 1. The third-order valence-corrected chi connectivity index (χ3v) is 5.25. The van der Waals surface area contributed by atoms with Crippen molar-refractivity contribution in [3.05, 3.63) is 77.6 Å². The molecule has 1 aliphatic carbocycles. The van der Waals surface area contributed by atoms with Crippen LogP contribution in [0.4, 0.5) is 13.2 Å². The molecule has 1 amide bonds. The van der Waals surface area contributed by atoms with E-state index >= 15 is 0 Å². The Morgan fingerprint density at radius 3 is 2.31 bits per heavy atom. The Kier molecular flexibility index (Phi) is 6.54. The Labute approximate surface area is 196 Å². The van der Waals surface area contributed by atoms with Crippen molar-refractivity contribution in [1.82, 2.24) is 19.9 Å². The molecule has 0 aliphatic heterocycles. The van der Waals surface area contributed by atoms with Crippen LogP contribution in [0.3, 0.4) is 0 Å². The van der Waals surface area contributed by atoms with Crippen molar-refractivity contribution in [2.75, 3.05) is 0 Å². The molecule has 0 saturated heterocycles. The Morgan fingerprint density at radius 2 is 1.74 bits per heavy atom. The molecule has 1 N–H and O–H groups in total. The van der Waals surface area contributed by atoms with Gasteiger partial charge in [-0.05, 0) is 42.7 Å². The van der Waals surface area contributed by atoms with Gasteiger partial charge in [0.15, 0.2) is 11.7 Å². The van der Waals surface area contributed by atoms with Crippen molar-refractivity contribution in [2.45, 2.75) is 37.8 Å². The number of hydrogen-bond acceptors (Lipinski definition) is 6. The molecule has 2 aromatic carbocycles. The summed E-state index contributed by atoms with van der Waals surface area (Å²) >= 11 is 0. The van der Waals surface area contributed by atoms with Gasteiger partial charge in [-0.3, -0.25) is 9.59 Å². The lowest BCUT2D eigenvalue weighted by Gasteiger charge is -2.27. The molecule has 3 aromatic rings. The van der Waals surface area contributed by atoms with E-state index in [1.165, 1.54) is 10.9 Å². The molecule has 1 atom stereocenters. The number of rotatable bonds is 9. The summed E-state index contributed by atoms with van der Waals surface area (Å²) < 4.78 is 42.4. The van der Waals surface area contributed by atoms with Crippen molar-refractivity contribution < 1.29 is 37.4 Å². The fraction of sp³-hybridized carbons (Fsp3) is 0.261. The molecule has 0 radical (unpaired) electrons. The molecule has 1 aliphatic rings. The van der Waals surface area contributed by atoms with Gasteiger partial charge in [0, 0.05) is 11.6 Å². The van der Waals surface area contributed by atoms with E-state index in [0.717, 1.165) is 34.7 Å². The minimum atomic E-state index is -4.90. The summed E-state index contributed by atoms with van der Waals surface area (Å²) in [5.74, 6) is -3.81. The number of carbonyl (C=O) groups excluding carboxylic acids is 2. The summed E-state index contributed by atoms with van der Waals surface area (Å²) in [7, 11) is 0. The van der Waals surface area contributed by atoms with Crippen LogP contribution in [0.2, 0.25) is 0 Å². The van der Waals surface area contributed by atoms with E-state index in [4.69, 9.17) is 0 Å². The number of halogens is 3. The number of ketones is 1. The van der Waals surface area contributed by atoms with Crippen LogP contribution < -0.4 is 4.74 Å². The van der Waals surface area contributed by atoms with Crippen LogP contribution in [0, 0.1) is 0 Å². The molecule has 35 heavy (non-hydrogen) atoms. The number of nitrogens with zero attached hydrogens (tertiary/aromatic N) is 4. The van der Waals surface area contributed by atoms with E-state index in [9.17, 15) is 32.7 Å². The largest absolute Gasteiger partial charge is 0.573 e. The lowest BCUT2D eigenvalue weighted by molar-refractivity contribution is -0.274. The molecular formula is C23H19F3N4O5. The number of carboxylic acids is 1. The monoisotopic (exact) mass is 488 g/mol. The molecule has 1 aromatic heterocycles. The van der Waals surface area contributed by atoms with Crippen LogP contribution in [-0.4, -0.2) is 61.1 Å². The van der Waals surface area contributed by atoms with Gasteiger partial charge in [-0.25, -0.2) is 9.48 Å². The average molecular weight is 488 g/mol. The zero-order valence-corrected chi connectivity index (χ0v) is 18.1. The fourth-order valence-electron chi connectivity index (χ4n) is 3.55. The molecule has 12 heteroatoms. The van der Waals surface area contributed by atoms with Gasteiger partial charge in [-0.2, -0.15) is 0 Å². The van der Waals surface area contributed by atoms with E-state index in [-0.39, 0.29) is 11.3 Å². The molecular weight excluding hydrogens is 469 g/mol. The van der Waals surface area contributed by atoms with Crippen LogP contribution in [0.15, 0.2) is 60.8 Å². The number of Topliss-reactive ketones (excluding diaryl/α,β-unsaturated/α-hetero) is 1. The van der Waals surface area contributed by atoms with Crippen LogP contribution in [0.1, 0.15) is 39.3 Å². The number of hydrogen-bond donors (Lipinski definition) is 1. The number of ether oxygens (including phenoxy) is 1. The molecule has 0 bridgehead atoms. The number of benzene rings is 2. The van der Waals surface area contributed by atoms with Gasteiger partial charge in [0.2, 0.25) is 5.78 Å². The first-order chi connectivity index (χ1) is 16.6. The van der Waals surface area contributed by atoms with Gasteiger partial charge in [0.1, 0.15) is 5.75 Å². The first-order valence-corrected chi connectivity index (χ1v) is 10.5. The Bertz CT molecular complexity index is 1220. The van der Waals surface area contributed by atoms with Crippen molar-refractivity contribution in [3.63, 3.8) is 0 Å². The molecule has 9 nitrogen and oxygen atoms in total. The molecule has 4 rings (SSSR count). The zero-order chi connectivity index (χ0) is 25.2. The SMILES string of the molecule is O=C(O)C(C(=O)c1cn(Cc2ccccc2)nn1)N(C(=O)c1ccc(OC(F)(F)F)cc1)C1CC1. The summed E-state index contributed by atoms with van der Waals surface area (Å²) in [4.78, 5) is 39.4. The Morgan fingerprint density at radius 1 is 1.09 bits per heavy atom. The lowest BCUT2D eigenvalue weighted by atomic mass is 10.1. The van der Waals surface area contributed by atoms with E-state index in [1.54, 1.807) is 0 Å². The smallest absolute Gasteiger partial charge is 0.479 e. The highest BCUT2D eigenvalue weighted by molar-refractivity contribution is 6.13. The highest BCUT2D eigenvalue weighted by atomic mass is 19.4. The Hall–Kier alpha value is -4.22. The molecule has 182 valence electrons. The predicted molar refractivity (Wildman–Crippen MR) is 114 cm³/mol. The third kappa shape index (κ3) is 5.83. The fourth-order valence-corrected chi connectivity index (χ4v) is 3.55. The van der Waals surface area contributed by atoms with Gasteiger partial charge in [0.05, 0.1) is 12.7 Å². The van der Waals surface area contributed by atoms with Crippen LogP contribution >= 0.6 is 0 Å². The third-order valence-electron chi connectivity index (χ3n) is 5.25. The zero-order valence-electron chi connectivity index (χ0n) is 18.1. The molecule has 1 unspecified atom stereocenters. The van der Waals surface area contributed by atoms with E-state index in [2.05, 4.69) is 15.0 Å². The average Bonchev–Trinajstić information content (AvgIpc) is 3.54. The van der Waals surface area contributed by atoms with Crippen molar-refractivity contribution in [1.29, 1.82) is 0 Å².